The van der Waals surface area contributed by atoms with Crippen LogP contribution in [-0.2, 0) is 29.2 Å². The van der Waals surface area contributed by atoms with Crippen LogP contribution in [0.4, 0.5) is 5.69 Å². The summed E-state index contributed by atoms with van der Waals surface area (Å²) in [6, 6.07) is 23.1. The first-order valence-electron chi connectivity index (χ1n) is 10.2. The van der Waals surface area contributed by atoms with E-state index in [1.165, 1.54) is 0 Å². The molecule has 0 atom stereocenters. The number of ether oxygens (including phenoxy) is 2. The molecule has 6 nitrogen and oxygen atoms in total. The number of anilines is 1. The van der Waals surface area contributed by atoms with Crippen LogP contribution in [0.3, 0.4) is 0 Å². The number of carbonyl (C=O) groups is 2. The van der Waals surface area contributed by atoms with Crippen molar-refractivity contribution < 1.29 is 19.1 Å². The van der Waals surface area contributed by atoms with Crippen molar-refractivity contribution in [1.29, 1.82) is 0 Å². The molecule has 1 aliphatic rings. The number of carbonyl (C=O) groups excluding carboxylic acids is 2. The summed E-state index contributed by atoms with van der Waals surface area (Å²) in [4.78, 5) is 23.6. The molecule has 0 aromatic heterocycles. The van der Waals surface area contributed by atoms with E-state index in [9.17, 15) is 9.59 Å². The van der Waals surface area contributed by atoms with Crippen molar-refractivity contribution in [3.05, 3.63) is 89.5 Å². The molecule has 0 radical (unpaired) electrons. The monoisotopic (exact) mass is 416 g/mol. The van der Waals surface area contributed by atoms with Crippen LogP contribution in [0.15, 0.2) is 72.8 Å². The molecular formula is C25H24N2O4. The minimum Gasteiger partial charge on any atom is -0.489 e. The first-order valence-corrected chi connectivity index (χ1v) is 10.2. The van der Waals surface area contributed by atoms with Gasteiger partial charge in [0.15, 0.2) is 6.61 Å². The number of hydrogen-bond donors (Lipinski definition) is 2. The van der Waals surface area contributed by atoms with E-state index in [1.807, 2.05) is 60.7 Å². The van der Waals surface area contributed by atoms with E-state index in [4.69, 9.17) is 9.47 Å². The highest BCUT2D eigenvalue weighted by Gasteiger charge is 2.15. The van der Waals surface area contributed by atoms with E-state index >= 15 is 0 Å². The van der Waals surface area contributed by atoms with Crippen LogP contribution in [0, 0.1) is 0 Å². The Kier molecular flexibility index (Phi) is 6.47. The number of aryl methyl sites for hydroxylation is 1. The van der Waals surface area contributed by atoms with Gasteiger partial charge in [-0.2, -0.15) is 0 Å². The fraction of sp³-hybridized carbons (Fsp3) is 0.200. The first kappa shape index (κ1) is 20.5. The van der Waals surface area contributed by atoms with Gasteiger partial charge in [-0.05, 0) is 53.4 Å². The molecule has 0 bridgehead atoms. The molecule has 0 saturated carbocycles. The van der Waals surface area contributed by atoms with Gasteiger partial charge in [-0.15, -0.1) is 0 Å². The normalized spacial score (nSPS) is 12.5. The fourth-order valence-electron chi connectivity index (χ4n) is 3.29. The lowest BCUT2D eigenvalue weighted by atomic mass is 10.0. The Morgan fingerprint density at radius 1 is 0.871 bits per heavy atom. The van der Waals surface area contributed by atoms with Crippen molar-refractivity contribution in [2.45, 2.75) is 26.0 Å². The van der Waals surface area contributed by atoms with E-state index in [1.54, 1.807) is 12.1 Å². The molecule has 2 amide bonds. The van der Waals surface area contributed by atoms with Crippen LogP contribution in [0.2, 0.25) is 0 Å². The third kappa shape index (κ3) is 5.85. The van der Waals surface area contributed by atoms with Crippen LogP contribution in [0.5, 0.6) is 11.5 Å². The standard InChI is InChI=1S/C25H24N2O4/c28-24-13-8-20-14-22(11-12-23(20)27-24)31-17-25(29)26-15-18-6-9-21(10-7-18)30-16-19-4-2-1-3-5-19/h1-7,9-12,14H,8,13,15-17H2,(H,26,29)(H,27,28). The summed E-state index contributed by atoms with van der Waals surface area (Å²) >= 11 is 0. The molecule has 3 aromatic carbocycles. The van der Waals surface area contributed by atoms with Crippen LogP contribution in [-0.4, -0.2) is 18.4 Å². The van der Waals surface area contributed by atoms with E-state index in [2.05, 4.69) is 10.6 Å². The average Bonchev–Trinajstić information content (AvgIpc) is 2.81. The predicted molar refractivity (Wildman–Crippen MR) is 118 cm³/mol. The van der Waals surface area contributed by atoms with Crippen LogP contribution < -0.4 is 20.1 Å². The summed E-state index contributed by atoms with van der Waals surface area (Å²) in [5.41, 5.74) is 3.92. The highest BCUT2D eigenvalue weighted by atomic mass is 16.5. The lowest BCUT2D eigenvalue weighted by Crippen LogP contribution is -2.28. The quantitative estimate of drug-likeness (QED) is 0.585. The van der Waals surface area contributed by atoms with Crippen molar-refractivity contribution in [3.8, 4) is 11.5 Å². The lowest BCUT2D eigenvalue weighted by Gasteiger charge is -2.17. The van der Waals surface area contributed by atoms with E-state index < -0.39 is 0 Å². The van der Waals surface area contributed by atoms with Gasteiger partial charge in [0.05, 0.1) is 0 Å². The molecule has 4 rings (SSSR count). The van der Waals surface area contributed by atoms with Gasteiger partial charge in [0, 0.05) is 18.7 Å². The third-order valence-corrected chi connectivity index (χ3v) is 5.00. The topological polar surface area (TPSA) is 76.7 Å². The predicted octanol–water partition coefficient (Wildman–Crippen LogP) is 3.85. The largest absolute Gasteiger partial charge is 0.489 e. The Bertz CT molecular complexity index is 1050. The Hall–Kier alpha value is -3.80. The summed E-state index contributed by atoms with van der Waals surface area (Å²) in [5, 5.41) is 5.68. The Morgan fingerprint density at radius 3 is 2.45 bits per heavy atom. The van der Waals surface area contributed by atoms with Crippen molar-refractivity contribution in [2.75, 3.05) is 11.9 Å². The second-order valence-electron chi connectivity index (χ2n) is 7.35. The van der Waals surface area contributed by atoms with Gasteiger partial charge in [0.2, 0.25) is 5.91 Å². The summed E-state index contributed by atoms with van der Waals surface area (Å²) < 4.78 is 11.4. The van der Waals surface area contributed by atoms with Gasteiger partial charge in [-0.3, -0.25) is 9.59 Å². The zero-order valence-electron chi connectivity index (χ0n) is 17.1. The highest BCUT2D eigenvalue weighted by Crippen LogP contribution is 2.26. The molecule has 0 spiro atoms. The zero-order valence-corrected chi connectivity index (χ0v) is 17.1. The third-order valence-electron chi connectivity index (χ3n) is 5.00. The SMILES string of the molecule is O=C(COc1ccc2c(c1)CCC(=O)N2)NCc1ccc(OCc2ccccc2)cc1. The van der Waals surface area contributed by atoms with E-state index in [-0.39, 0.29) is 18.4 Å². The zero-order chi connectivity index (χ0) is 21.5. The maximum Gasteiger partial charge on any atom is 0.258 e. The lowest BCUT2D eigenvalue weighted by molar-refractivity contribution is -0.123. The molecule has 3 aromatic rings. The molecular weight excluding hydrogens is 392 g/mol. The number of rotatable bonds is 8. The summed E-state index contributed by atoms with van der Waals surface area (Å²) in [6.45, 7) is 0.865. The molecule has 31 heavy (non-hydrogen) atoms. The number of amides is 2. The molecule has 0 saturated heterocycles. The van der Waals surface area contributed by atoms with Gasteiger partial charge in [0.25, 0.3) is 5.91 Å². The van der Waals surface area contributed by atoms with Crippen LogP contribution >= 0.6 is 0 Å². The maximum atomic E-state index is 12.1. The number of hydrogen-bond acceptors (Lipinski definition) is 4. The number of fused-ring (bicyclic) bond motifs is 1. The van der Waals surface area contributed by atoms with Gasteiger partial charge in [-0.25, -0.2) is 0 Å². The Labute approximate surface area is 181 Å². The van der Waals surface area contributed by atoms with Crippen molar-refractivity contribution in [1.82, 2.24) is 5.32 Å². The molecule has 158 valence electrons. The minimum atomic E-state index is -0.199. The summed E-state index contributed by atoms with van der Waals surface area (Å²) in [5.74, 6) is 1.22. The van der Waals surface area contributed by atoms with Crippen LogP contribution in [0.1, 0.15) is 23.1 Å². The summed E-state index contributed by atoms with van der Waals surface area (Å²) in [7, 11) is 0. The molecule has 0 aliphatic carbocycles. The molecule has 1 heterocycles. The maximum absolute atomic E-state index is 12.1. The van der Waals surface area contributed by atoms with Crippen molar-refractivity contribution >= 4 is 17.5 Å². The molecule has 1 aliphatic heterocycles. The second kappa shape index (κ2) is 9.80. The molecule has 6 heteroatoms. The molecule has 2 N–H and O–H groups in total. The molecule has 0 fully saturated rings. The second-order valence-corrected chi connectivity index (χ2v) is 7.35. The summed E-state index contributed by atoms with van der Waals surface area (Å²) in [6.07, 6.45) is 1.14. The molecule has 0 unspecified atom stereocenters. The van der Waals surface area contributed by atoms with Crippen LogP contribution in [0.25, 0.3) is 0 Å². The number of nitrogens with one attached hydrogen (secondary N) is 2. The Balaban J connectivity index is 1.20. The van der Waals surface area contributed by atoms with Gasteiger partial charge >= 0.3 is 0 Å². The minimum absolute atomic E-state index is 0.0244. The van der Waals surface area contributed by atoms with Crippen molar-refractivity contribution in [2.24, 2.45) is 0 Å². The fourth-order valence-corrected chi connectivity index (χ4v) is 3.29. The smallest absolute Gasteiger partial charge is 0.258 e. The van der Waals surface area contributed by atoms with E-state index in [0.29, 0.717) is 31.7 Å². The van der Waals surface area contributed by atoms with Gasteiger partial charge in [-0.1, -0.05) is 42.5 Å². The average molecular weight is 416 g/mol. The Morgan fingerprint density at radius 2 is 1.65 bits per heavy atom. The van der Waals surface area contributed by atoms with Gasteiger partial charge in [0.1, 0.15) is 18.1 Å². The van der Waals surface area contributed by atoms with Gasteiger partial charge < -0.3 is 20.1 Å². The number of benzene rings is 3. The highest BCUT2D eigenvalue weighted by molar-refractivity contribution is 5.94. The first-order chi connectivity index (χ1) is 15.2. The van der Waals surface area contributed by atoms with E-state index in [0.717, 1.165) is 28.1 Å². The van der Waals surface area contributed by atoms with Crippen molar-refractivity contribution in [3.63, 3.8) is 0 Å².